The highest BCUT2D eigenvalue weighted by atomic mass is 16.5. The van der Waals surface area contributed by atoms with Gasteiger partial charge in [-0.1, -0.05) is 6.07 Å². The molecule has 0 saturated carbocycles. The van der Waals surface area contributed by atoms with Gasteiger partial charge in [-0.15, -0.1) is 0 Å². The second kappa shape index (κ2) is 4.70. The summed E-state index contributed by atoms with van der Waals surface area (Å²) >= 11 is 0. The molecule has 0 aliphatic rings. The number of H-pyrrole nitrogens is 1. The van der Waals surface area contributed by atoms with Crippen LogP contribution in [0.15, 0.2) is 30.5 Å². The first-order valence-corrected chi connectivity index (χ1v) is 5.05. The third-order valence-corrected chi connectivity index (χ3v) is 2.17. The Labute approximate surface area is 94.2 Å². The number of ether oxygens (including phenoxy) is 2. The van der Waals surface area contributed by atoms with E-state index in [1.165, 1.54) is 0 Å². The van der Waals surface area contributed by atoms with Crippen LogP contribution < -0.4 is 9.47 Å². The predicted molar refractivity (Wildman–Crippen MR) is 60.7 cm³/mol. The van der Waals surface area contributed by atoms with Gasteiger partial charge in [0, 0.05) is 18.0 Å². The van der Waals surface area contributed by atoms with Crippen LogP contribution in [0.2, 0.25) is 0 Å². The number of rotatable bonds is 4. The van der Waals surface area contributed by atoms with Gasteiger partial charge in [-0.25, -0.2) is 4.98 Å². The Kier molecular flexibility index (Phi) is 3.10. The molecule has 0 fully saturated rings. The molecule has 2 rings (SSSR count). The first kappa shape index (κ1) is 10.5. The van der Waals surface area contributed by atoms with E-state index in [0.29, 0.717) is 6.61 Å². The Morgan fingerprint density at radius 2 is 2.12 bits per heavy atom. The molecular formula is C12H14N2O2. The molecule has 0 aliphatic heterocycles. The molecule has 1 heterocycles. The smallest absolute Gasteiger partial charge is 0.146 e. The van der Waals surface area contributed by atoms with Crippen LogP contribution in [0.4, 0.5) is 0 Å². The Morgan fingerprint density at radius 3 is 2.81 bits per heavy atom. The molecule has 0 radical (unpaired) electrons. The fraction of sp³-hybridized carbons (Fsp3) is 0.250. The Bertz CT molecular complexity index is 466. The van der Waals surface area contributed by atoms with Crippen molar-refractivity contribution >= 4 is 0 Å². The van der Waals surface area contributed by atoms with Crippen molar-refractivity contribution in [3.63, 3.8) is 0 Å². The Morgan fingerprint density at radius 1 is 1.31 bits per heavy atom. The minimum Gasteiger partial charge on any atom is -0.497 e. The summed E-state index contributed by atoms with van der Waals surface area (Å²) in [5.74, 6) is 2.38. The van der Waals surface area contributed by atoms with Crippen molar-refractivity contribution in [1.29, 1.82) is 0 Å². The van der Waals surface area contributed by atoms with E-state index in [4.69, 9.17) is 9.47 Å². The molecule has 0 spiro atoms. The van der Waals surface area contributed by atoms with Crippen molar-refractivity contribution in [2.45, 2.75) is 13.5 Å². The zero-order valence-electron chi connectivity index (χ0n) is 9.36. The summed E-state index contributed by atoms with van der Waals surface area (Å²) in [5, 5.41) is 0. The molecule has 0 bridgehead atoms. The SMILES string of the molecule is COc1cccc(OCc2ncc(C)[nH]2)c1. The average molecular weight is 218 g/mol. The van der Waals surface area contributed by atoms with Gasteiger partial charge in [-0.05, 0) is 19.1 Å². The van der Waals surface area contributed by atoms with Crippen molar-refractivity contribution < 1.29 is 9.47 Å². The van der Waals surface area contributed by atoms with Crippen LogP contribution in [-0.4, -0.2) is 17.1 Å². The fourth-order valence-electron chi connectivity index (χ4n) is 1.38. The van der Waals surface area contributed by atoms with Crippen LogP contribution in [0.5, 0.6) is 11.5 Å². The number of imidazole rings is 1. The van der Waals surface area contributed by atoms with Crippen molar-refractivity contribution in [3.05, 3.63) is 42.0 Å². The van der Waals surface area contributed by atoms with Crippen LogP contribution in [0.25, 0.3) is 0 Å². The molecule has 1 N–H and O–H groups in total. The number of aromatic amines is 1. The van der Waals surface area contributed by atoms with Gasteiger partial charge in [0.25, 0.3) is 0 Å². The maximum Gasteiger partial charge on any atom is 0.146 e. The maximum absolute atomic E-state index is 5.57. The van der Waals surface area contributed by atoms with E-state index in [-0.39, 0.29) is 0 Å². The number of hydrogen-bond donors (Lipinski definition) is 1. The van der Waals surface area contributed by atoms with Gasteiger partial charge in [0.05, 0.1) is 7.11 Å². The molecule has 84 valence electrons. The number of nitrogens with one attached hydrogen (secondary N) is 1. The molecule has 1 aromatic carbocycles. The summed E-state index contributed by atoms with van der Waals surface area (Å²) < 4.78 is 10.7. The van der Waals surface area contributed by atoms with E-state index < -0.39 is 0 Å². The van der Waals surface area contributed by atoms with Crippen LogP contribution in [-0.2, 0) is 6.61 Å². The number of aromatic nitrogens is 2. The van der Waals surface area contributed by atoms with Crippen molar-refractivity contribution in [1.82, 2.24) is 9.97 Å². The van der Waals surface area contributed by atoms with Gasteiger partial charge < -0.3 is 14.5 Å². The van der Waals surface area contributed by atoms with Gasteiger partial charge in [0.15, 0.2) is 0 Å². The monoisotopic (exact) mass is 218 g/mol. The van der Waals surface area contributed by atoms with Crippen LogP contribution in [0, 0.1) is 6.92 Å². The highest BCUT2D eigenvalue weighted by Crippen LogP contribution is 2.19. The Hall–Kier alpha value is -1.97. The summed E-state index contributed by atoms with van der Waals surface area (Å²) in [6.45, 7) is 2.39. The van der Waals surface area contributed by atoms with Crippen molar-refractivity contribution in [2.75, 3.05) is 7.11 Å². The van der Waals surface area contributed by atoms with Gasteiger partial charge in [0.1, 0.15) is 23.9 Å². The lowest BCUT2D eigenvalue weighted by atomic mass is 10.3. The van der Waals surface area contributed by atoms with Crippen molar-refractivity contribution in [2.24, 2.45) is 0 Å². The molecule has 2 aromatic rings. The number of aryl methyl sites for hydroxylation is 1. The van der Waals surface area contributed by atoms with Gasteiger partial charge in [0.2, 0.25) is 0 Å². The summed E-state index contributed by atoms with van der Waals surface area (Å²) in [4.78, 5) is 7.27. The van der Waals surface area contributed by atoms with E-state index >= 15 is 0 Å². The lowest BCUT2D eigenvalue weighted by Crippen LogP contribution is -1.97. The number of methoxy groups -OCH3 is 1. The lowest BCUT2D eigenvalue weighted by Gasteiger charge is -2.05. The summed E-state index contributed by atoms with van der Waals surface area (Å²) in [6, 6.07) is 7.50. The van der Waals surface area contributed by atoms with E-state index in [1.54, 1.807) is 13.3 Å². The maximum atomic E-state index is 5.57. The normalized spacial score (nSPS) is 10.1. The van der Waals surface area contributed by atoms with Gasteiger partial charge in [-0.3, -0.25) is 0 Å². The van der Waals surface area contributed by atoms with Crippen LogP contribution in [0.3, 0.4) is 0 Å². The topological polar surface area (TPSA) is 47.1 Å². The van der Waals surface area contributed by atoms with Gasteiger partial charge in [-0.2, -0.15) is 0 Å². The average Bonchev–Trinajstić information content (AvgIpc) is 2.73. The lowest BCUT2D eigenvalue weighted by molar-refractivity contribution is 0.295. The quantitative estimate of drug-likeness (QED) is 0.856. The Balaban J connectivity index is 1.99. The zero-order chi connectivity index (χ0) is 11.4. The molecule has 16 heavy (non-hydrogen) atoms. The number of benzene rings is 1. The highest BCUT2D eigenvalue weighted by Gasteiger charge is 2.00. The fourth-order valence-corrected chi connectivity index (χ4v) is 1.38. The second-order valence-corrected chi connectivity index (χ2v) is 3.48. The molecule has 0 aliphatic carbocycles. The first-order valence-electron chi connectivity index (χ1n) is 5.05. The predicted octanol–water partition coefficient (Wildman–Crippen LogP) is 2.31. The number of hydrogen-bond acceptors (Lipinski definition) is 3. The third kappa shape index (κ3) is 2.53. The third-order valence-electron chi connectivity index (χ3n) is 2.17. The summed E-state index contributed by atoms with van der Waals surface area (Å²) in [6.07, 6.45) is 1.78. The second-order valence-electron chi connectivity index (χ2n) is 3.48. The number of nitrogens with zero attached hydrogens (tertiary/aromatic N) is 1. The minimum absolute atomic E-state index is 0.432. The molecule has 0 atom stereocenters. The van der Waals surface area contributed by atoms with E-state index in [9.17, 15) is 0 Å². The highest BCUT2D eigenvalue weighted by molar-refractivity contribution is 5.32. The summed E-state index contributed by atoms with van der Waals surface area (Å²) in [5.41, 5.74) is 1.03. The van der Waals surface area contributed by atoms with Gasteiger partial charge >= 0.3 is 0 Å². The standard InChI is InChI=1S/C12H14N2O2/c1-9-7-13-12(14-9)8-16-11-5-3-4-10(6-11)15-2/h3-7H,8H2,1-2H3,(H,13,14). The van der Waals surface area contributed by atoms with E-state index in [1.807, 2.05) is 31.2 Å². The van der Waals surface area contributed by atoms with E-state index in [2.05, 4.69) is 9.97 Å². The largest absolute Gasteiger partial charge is 0.497 e. The van der Waals surface area contributed by atoms with Crippen molar-refractivity contribution in [3.8, 4) is 11.5 Å². The molecular weight excluding hydrogens is 204 g/mol. The molecule has 4 nitrogen and oxygen atoms in total. The summed E-state index contributed by atoms with van der Waals surface area (Å²) in [7, 11) is 1.63. The van der Waals surface area contributed by atoms with E-state index in [0.717, 1.165) is 23.0 Å². The molecule has 0 unspecified atom stereocenters. The zero-order valence-corrected chi connectivity index (χ0v) is 9.36. The van der Waals surface area contributed by atoms with Crippen LogP contribution >= 0.6 is 0 Å². The molecule has 0 saturated heterocycles. The molecule has 1 aromatic heterocycles. The van der Waals surface area contributed by atoms with Crippen LogP contribution in [0.1, 0.15) is 11.5 Å². The minimum atomic E-state index is 0.432. The molecule has 0 amide bonds. The first-order chi connectivity index (χ1) is 7.78. The molecule has 4 heteroatoms.